The van der Waals surface area contributed by atoms with Crippen LogP contribution < -0.4 is 3.71 Å². The van der Waals surface area contributed by atoms with Gasteiger partial charge in [0.25, 0.3) is 0 Å². The number of anilines is 1. The standard InChI is InChI=1S/C8H11ClN2O3S2/c1-15(12)11(16(2,13)14)8-5-7(6-9)3-4-10-8/h3-5H,6H2,1-2H3. The largest absolute Gasteiger partial charge is 0.244 e. The van der Waals surface area contributed by atoms with Crippen molar-refractivity contribution in [2.24, 2.45) is 0 Å². The van der Waals surface area contributed by atoms with Crippen LogP contribution in [0.3, 0.4) is 0 Å². The van der Waals surface area contributed by atoms with Crippen LogP contribution >= 0.6 is 11.6 Å². The molecule has 0 saturated carbocycles. The number of rotatable bonds is 4. The Balaban J connectivity index is 3.27. The van der Waals surface area contributed by atoms with Crippen molar-refractivity contribution in [2.45, 2.75) is 5.88 Å². The third-order valence-corrected chi connectivity index (χ3v) is 4.88. The van der Waals surface area contributed by atoms with Crippen molar-refractivity contribution in [1.29, 1.82) is 0 Å². The van der Waals surface area contributed by atoms with Gasteiger partial charge in [-0.2, -0.15) is 3.71 Å². The first-order chi connectivity index (χ1) is 7.36. The average Bonchev–Trinajstić information content (AvgIpc) is 2.15. The van der Waals surface area contributed by atoms with Gasteiger partial charge in [-0.15, -0.1) is 11.6 Å². The van der Waals surface area contributed by atoms with Gasteiger partial charge in [0.2, 0.25) is 10.0 Å². The monoisotopic (exact) mass is 282 g/mol. The van der Waals surface area contributed by atoms with E-state index < -0.39 is 21.0 Å². The second-order valence-electron chi connectivity index (χ2n) is 3.07. The van der Waals surface area contributed by atoms with Crippen LogP contribution in [0.5, 0.6) is 0 Å². The number of pyridine rings is 1. The molecule has 16 heavy (non-hydrogen) atoms. The van der Waals surface area contributed by atoms with Gasteiger partial charge in [-0.25, -0.2) is 17.6 Å². The summed E-state index contributed by atoms with van der Waals surface area (Å²) in [5.74, 6) is 0.352. The van der Waals surface area contributed by atoms with Crippen molar-refractivity contribution in [3.63, 3.8) is 0 Å². The molecule has 1 unspecified atom stereocenters. The van der Waals surface area contributed by atoms with Gasteiger partial charge in [0.1, 0.15) is 11.0 Å². The number of halogens is 1. The molecule has 1 rings (SSSR count). The molecule has 8 heteroatoms. The van der Waals surface area contributed by atoms with E-state index in [2.05, 4.69) is 4.98 Å². The highest BCUT2D eigenvalue weighted by Gasteiger charge is 2.22. The van der Waals surface area contributed by atoms with Gasteiger partial charge < -0.3 is 0 Å². The van der Waals surface area contributed by atoms with E-state index in [0.717, 1.165) is 9.97 Å². The predicted molar refractivity (Wildman–Crippen MR) is 65.2 cm³/mol. The van der Waals surface area contributed by atoms with Crippen LogP contribution in [0, 0.1) is 0 Å². The van der Waals surface area contributed by atoms with E-state index >= 15 is 0 Å². The lowest BCUT2D eigenvalue weighted by molar-refractivity contribution is 0.602. The molecule has 0 bridgehead atoms. The molecule has 1 aromatic rings. The summed E-state index contributed by atoms with van der Waals surface area (Å²) in [5, 5.41) is 0. The third kappa shape index (κ3) is 3.16. The van der Waals surface area contributed by atoms with E-state index in [1.807, 2.05) is 0 Å². The Morgan fingerprint density at radius 1 is 1.56 bits per heavy atom. The average molecular weight is 283 g/mol. The van der Waals surface area contributed by atoms with Crippen LogP contribution in [0.4, 0.5) is 5.82 Å². The Hall–Kier alpha value is -0.660. The zero-order chi connectivity index (χ0) is 12.3. The minimum Gasteiger partial charge on any atom is -0.237 e. The molecule has 0 N–H and O–H groups in total. The van der Waals surface area contributed by atoms with Crippen molar-refractivity contribution in [2.75, 3.05) is 16.2 Å². The van der Waals surface area contributed by atoms with Gasteiger partial charge in [0, 0.05) is 18.3 Å². The maximum absolute atomic E-state index is 11.4. The molecule has 90 valence electrons. The molecule has 1 aromatic heterocycles. The molecule has 1 atom stereocenters. The van der Waals surface area contributed by atoms with Gasteiger partial charge in [-0.3, -0.25) is 0 Å². The van der Waals surface area contributed by atoms with Crippen LogP contribution in [0.2, 0.25) is 0 Å². The zero-order valence-corrected chi connectivity index (χ0v) is 11.1. The second kappa shape index (κ2) is 5.11. The Morgan fingerprint density at radius 3 is 2.62 bits per heavy atom. The second-order valence-corrected chi connectivity index (χ2v) is 6.61. The minimum absolute atomic E-state index is 0.112. The van der Waals surface area contributed by atoms with Crippen molar-refractivity contribution >= 4 is 38.4 Å². The highest BCUT2D eigenvalue weighted by Crippen LogP contribution is 2.18. The molecule has 0 fully saturated rings. The van der Waals surface area contributed by atoms with Crippen molar-refractivity contribution in [3.05, 3.63) is 23.9 Å². The van der Waals surface area contributed by atoms with Crippen molar-refractivity contribution in [3.8, 4) is 0 Å². The first kappa shape index (κ1) is 13.4. The molecular weight excluding hydrogens is 272 g/mol. The summed E-state index contributed by atoms with van der Waals surface area (Å²) in [7, 11) is -5.31. The van der Waals surface area contributed by atoms with Crippen LogP contribution in [-0.2, 0) is 26.9 Å². The van der Waals surface area contributed by atoms with E-state index in [4.69, 9.17) is 11.6 Å². The van der Waals surface area contributed by atoms with Gasteiger partial charge in [-0.1, -0.05) is 0 Å². The third-order valence-electron chi connectivity index (χ3n) is 1.69. The zero-order valence-electron chi connectivity index (χ0n) is 8.75. The highest BCUT2D eigenvalue weighted by molar-refractivity contribution is 8.06. The van der Waals surface area contributed by atoms with E-state index in [1.165, 1.54) is 18.5 Å². The minimum atomic E-state index is -3.61. The molecule has 0 saturated heterocycles. The number of alkyl halides is 1. The lowest BCUT2D eigenvalue weighted by Gasteiger charge is -2.17. The van der Waals surface area contributed by atoms with Crippen molar-refractivity contribution in [1.82, 2.24) is 4.98 Å². The molecule has 1 heterocycles. The molecule has 5 nitrogen and oxygen atoms in total. The van der Waals surface area contributed by atoms with Crippen LogP contribution in [-0.4, -0.2) is 30.1 Å². The first-order valence-corrected chi connectivity index (χ1v) is 8.11. The normalized spacial score (nSPS) is 13.4. The number of sulfonamides is 1. The summed E-state index contributed by atoms with van der Waals surface area (Å²) < 4.78 is 35.0. The highest BCUT2D eigenvalue weighted by atomic mass is 35.5. The summed E-state index contributed by atoms with van der Waals surface area (Å²) in [4.78, 5) is 3.87. The Kier molecular flexibility index (Phi) is 4.28. The van der Waals surface area contributed by atoms with Gasteiger partial charge in [0.15, 0.2) is 5.82 Å². The van der Waals surface area contributed by atoms with Gasteiger partial charge in [0.05, 0.1) is 6.26 Å². The number of nitrogens with zero attached hydrogens (tertiary/aromatic N) is 2. The molecular formula is C8H11ClN2O3S2. The van der Waals surface area contributed by atoms with Crippen LogP contribution in [0.25, 0.3) is 0 Å². The topological polar surface area (TPSA) is 67.3 Å². The van der Waals surface area contributed by atoms with E-state index in [9.17, 15) is 12.6 Å². The number of hydrogen-bond donors (Lipinski definition) is 0. The van der Waals surface area contributed by atoms with Crippen LogP contribution in [0.15, 0.2) is 18.3 Å². The van der Waals surface area contributed by atoms with E-state index in [0.29, 0.717) is 5.56 Å². The first-order valence-electron chi connectivity index (χ1n) is 4.21. The fourth-order valence-electron chi connectivity index (χ4n) is 1.14. The van der Waals surface area contributed by atoms with Gasteiger partial charge >= 0.3 is 0 Å². The molecule has 0 aliphatic rings. The summed E-state index contributed by atoms with van der Waals surface area (Å²) in [5.41, 5.74) is 0.714. The van der Waals surface area contributed by atoms with E-state index in [1.54, 1.807) is 6.07 Å². The fraction of sp³-hybridized carbons (Fsp3) is 0.375. The quantitative estimate of drug-likeness (QED) is 0.769. The number of aromatic nitrogens is 1. The lowest BCUT2D eigenvalue weighted by Crippen LogP contribution is -2.31. The molecule has 0 amide bonds. The summed E-state index contributed by atoms with van der Waals surface area (Å²) in [6.07, 6.45) is 3.68. The Morgan fingerprint density at radius 2 is 2.19 bits per heavy atom. The molecule has 0 aromatic carbocycles. The van der Waals surface area contributed by atoms with Crippen LogP contribution in [0.1, 0.15) is 5.56 Å². The lowest BCUT2D eigenvalue weighted by atomic mass is 10.3. The Labute approximate surface area is 102 Å². The summed E-state index contributed by atoms with van der Waals surface area (Å²) in [6.45, 7) is 0. The Bertz CT molecular complexity index is 504. The maximum Gasteiger partial charge on any atom is 0.244 e. The molecule has 0 aliphatic carbocycles. The van der Waals surface area contributed by atoms with Gasteiger partial charge in [-0.05, 0) is 17.7 Å². The smallest absolute Gasteiger partial charge is 0.237 e. The summed E-state index contributed by atoms with van der Waals surface area (Å²) >= 11 is 5.63. The maximum atomic E-state index is 11.4. The number of hydrogen-bond acceptors (Lipinski definition) is 4. The summed E-state index contributed by atoms with van der Waals surface area (Å²) in [6, 6.07) is 3.16. The fourth-order valence-corrected chi connectivity index (χ4v) is 3.63. The van der Waals surface area contributed by atoms with Crippen molar-refractivity contribution < 1.29 is 12.6 Å². The molecule has 0 aliphatic heterocycles. The van der Waals surface area contributed by atoms with E-state index in [-0.39, 0.29) is 11.7 Å². The SMILES string of the molecule is CS(=O)N(c1cc(CCl)ccn1)S(C)(=O)=O. The molecule has 0 radical (unpaired) electrons. The predicted octanol–water partition coefficient (Wildman–Crippen LogP) is 0.880. The molecule has 0 spiro atoms.